The van der Waals surface area contributed by atoms with Gasteiger partial charge in [-0.1, -0.05) is 18.2 Å². The van der Waals surface area contributed by atoms with Crippen LogP contribution in [0.1, 0.15) is 27.7 Å². The van der Waals surface area contributed by atoms with Gasteiger partial charge >= 0.3 is 0 Å². The van der Waals surface area contributed by atoms with Gasteiger partial charge in [0, 0.05) is 31.1 Å². The van der Waals surface area contributed by atoms with Crippen LogP contribution in [0.2, 0.25) is 0 Å². The van der Waals surface area contributed by atoms with E-state index in [1.165, 1.54) is 41.5 Å². The third-order valence-electron chi connectivity index (χ3n) is 4.77. The Morgan fingerprint density at radius 1 is 1.23 bits per heavy atom. The standard InChI is InChI=1S/C21H15N3O6/c25-19(16-7-3-9-30-16)17-18(14-5-1-6-15(10-14)24(28)29)23(21(27)20(17)26)12-13-4-2-8-22-11-13/h1-11,18,26H,12H2/t18-/m0/s1. The largest absolute Gasteiger partial charge is 0.503 e. The second-order valence-electron chi connectivity index (χ2n) is 6.62. The number of furan rings is 1. The third kappa shape index (κ3) is 3.32. The molecule has 2 aromatic heterocycles. The van der Waals surface area contributed by atoms with E-state index in [4.69, 9.17) is 4.42 Å². The lowest BCUT2D eigenvalue weighted by atomic mass is 9.94. The number of amides is 1. The molecule has 1 aliphatic rings. The molecule has 9 nitrogen and oxygen atoms in total. The monoisotopic (exact) mass is 405 g/mol. The lowest BCUT2D eigenvalue weighted by molar-refractivity contribution is -0.384. The maximum absolute atomic E-state index is 13.0. The number of pyridine rings is 1. The first-order valence-corrected chi connectivity index (χ1v) is 8.93. The van der Waals surface area contributed by atoms with E-state index in [-0.39, 0.29) is 23.6 Å². The molecule has 0 saturated heterocycles. The predicted octanol–water partition coefficient (Wildman–Crippen LogP) is 3.36. The number of rotatable bonds is 6. The number of aliphatic hydroxyl groups excluding tert-OH is 1. The Morgan fingerprint density at radius 3 is 2.73 bits per heavy atom. The van der Waals surface area contributed by atoms with Crippen molar-refractivity contribution in [3.05, 3.63) is 106 Å². The topological polar surface area (TPSA) is 127 Å². The summed E-state index contributed by atoms with van der Waals surface area (Å²) in [4.78, 5) is 41.9. The van der Waals surface area contributed by atoms with Crippen LogP contribution >= 0.6 is 0 Å². The Balaban J connectivity index is 1.83. The van der Waals surface area contributed by atoms with Crippen LogP contribution < -0.4 is 0 Å². The van der Waals surface area contributed by atoms with Gasteiger partial charge in [0.05, 0.1) is 22.8 Å². The lowest BCUT2D eigenvalue weighted by Crippen LogP contribution is -2.30. The van der Waals surface area contributed by atoms with Crippen LogP contribution in [0.3, 0.4) is 0 Å². The maximum Gasteiger partial charge on any atom is 0.290 e. The molecule has 30 heavy (non-hydrogen) atoms. The van der Waals surface area contributed by atoms with Crippen LogP contribution in [0.15, 0.2) is 82.9 Å². The highest BCUT2D eigenvalue weighted by Crippen LogP contribution is 2.40. The molecule has 1 atom stereocenters. The van der Waals surface area contributed by atoms with E-state index in [0.29, 0.717) is 11.1 Å². The second kappa shape index (κ2) is 7.63. The predicted molar refractivity (Wildman–Crippen MR) is 103 cm³/mol. The molecule has 1 amide bonds. The summed E-state index contributed by atoms with van der Waals surface area (Å²) >= 11 is 0. The molecule has 0 spiro atoms. The molecule has 150 valence electrons. The fourth-order valence-corrected chi connectivity index (χ4v) is 3.43. The number of aliphatic hydroxyl groups is 1. The molecule has 3 aromatic rings. The fourth-order valence-electron chi connectivity index (χ4n) is 3.43. The molecule has 9 heteroatoms. The summed E-state index contributed by atoms with van der Waals surface area (Å²) in [5, 5.41) is 21.8. The van der Waals surface area contributed by atoms with Gasteiger partial charge in [-0.3, -0.25) is 24.7 Å². The molecule has 0 unspecified atom stereocenters. The number of Topliss-reactive ketones (excluding diaryl/α,β-unsaturated/α-hetero) is 1. The molecule has 4 rings (SSSR count). The minimum absolute atomic E-state index is 0.0407. The van der Waals surface area contributed by atoms with E-state index < -0.39 is 28.4 Å². The molecule has 0 aliphatic carbocycles. The average Bonchev–Trinajstić information content (AvgIpc) is 3.37. The Labute approximate surface area is 170 Å². The summed E-state index contributed by atoms with van der Waals surface area (Å²) in [7, 11) is 0. The molecule has 0 radical (unpaired) electrons. The minimum Gasteiger partial charge on any atom is -0.503 e. The smallest absolute Gasteiger partial charge is 0.290 e. The summed E-state index contributed by atoms with van der Waals surface area (Å²) in [6, 6.07) is 11.0. The maximum atomic E-state index is 13.0. The summed E-state index contributed by atoms with van der Waals surface area (Å²) < 4.78 is 5.15. The van der Waals surface area contributed by atoms with E-state index >= 15 is 0 Å². The van der Waals surface area contributed by atoms with Gasteiger partial charge in [0.2, 0.25) is 5.78 Å². The summed E-state index contributed by atoms with van der Waals surface area (Å²) in [5.74, 6) is -2.19. The zero-order chi connectivity index (χ0) is 21.3. The third-order valence-corrected chi connectivity index (χ3v) is 4.77. The second-order valence-corrected chi connectivity index (χ2v) is 6.62. The van der Waals surface area contributed by atoms with Crippen molar-refractivity contribution in [2.45, 2.75) is 12.6 Å². The van der Waals surface area contributed by atoms with Gasteiger partial charge in [-0.25, -0.2) is 0 Å². The van der Waals surface area contributed by atoms with Gasteiger partial charge in [0.15, 0.2) is 11.5 Å². The van der Waals surface area contributed by atoms with Crippen molar-refractivity contribution in [3.8, 4) is 0 Å². The number of benzene rings is 1. The van der Waals surface area contributed by atoms with Gasteiger partial charge in [0.1, 0.15) is 0 Å². The molecular weight excluding hydrogens is 390 g/mol. The number of nitro benzene ring substituents is 1. The first-order valence-electron chi connectivity index (χ1n) is 8.93. The Kier molecular flexibility index (Phi) is 4.85. The number of carbonyl (C=O) groups excluding carboxylic acids is 2. The summed E-state index contributed by atoms with van der Waals surface area (Å²) in [5.41, 5.74) is 0.595. The Hall–Kier alpha value is -4.27. The first-order chi connectivity index (χ1) is 14.5. The number of hydrogen-bond acceptors (Lipinski definition) is 7. The van der Waals surface area contributed by atoms with E-state index in [1.54, 1.807) is 30.6 Å². The number of hydrogen-bond donors (Lipinski definition) is 1. The van der Waals surface area contributed by atoms with Crippen molar-refractivity contribution in [2.75, 3.05) is 0 Å². The van der Waals surface area contributed by atoms with Crippen molar-refractivity contribution < 1.29 is 24.0 Å². The van der Waals surface area contributed by atoms with Crippen molar-refractivity contribution in [1.29, 1.82) is 0 Å². The molecule has 1 aromatic carbocycles. The number of ketones is 1. The van der Waals surface area contributed by atoms with Crippen LogP contribution in [0.5, 0.6) is 0 Å². The zero-order valence-corrected chi connectivity index (χ0v) is 15.5. The summed E-state index contributed by atoms with van der Waals surface area (Å²) in [6.07, 6.45) is 4.44. The van der Waals surface area contributed by atoms with Crippen LogP contribution in [0, 0.1) is 10.1 Å². The highest BCUT2D eigenvalue weighted by Gasteiger charge is 2.44. The SMILES string of the molecule is O=C(C1=C(O)C(=O)N(Cc2cccnc2)[C@H]1c1cccc([N+](=O)[O-])c1)c1ccco1. The molecule has 0 saturated carbocycles. The van der Waals surface area contributed by atoms with Crippen LogP contribution in [0.4, 0.5) is 5.69 Å². The van der Waals surface area contributed by atoms with Gasteiger partial charge < -0.3 is 14.4 Å². The van der Waals surface area contributed by atoms with Crippen LogP contribution in [-0.4, -0.2) is 31.6 Å². The van der Waals surface area contributed by atoms with Crippen LogP contribution in [-0.2, 0) is 11.3 Å². The van der Waals surface area contributed by atoms with Crippen molar-refractivity contribution >= 4 is 17.4 Å². The normalized spacial score (nSPS) is 16.2. The van der Waals surface area contributed by atoms with Gasteiger partial charge in [-0.15, -0.1) is 0 Å². The molecule has 1 aliphatic heterocycles. The van der Waals surface area contributed by atoms with Crippen molar-refractivity contribution in [3.63, 3.8) is 0 Å². The first kappa shape index (κ1) is 19.1. The highest BCUT2D eigenvalue weighted by molar-refractivity contribution is 6.15. The van der Waals surface area contributed by atoms with E-state index in [1.807, 2.05) is 0 Å². The molecule has 0 bridgehead atoms. The van der Waals surface area contributed by atoms with Crippen molar-refractivity contribution in [2.24, 2.45) is 0 Å². The van der Waals surface area contributed by atoms with E-state index in [2.05, 4.69) is 4.98 Å². The van der Waals surface area contributed by atoms with Gasteiger partial charge in [-0.2, -0.15) is 0 Å². The van der Waals surface area contributed by atoms with Crippen LogP contribution in [0.25, 0.3) is 0 Å². The zero-order valence-electron chi connectivity index (χ0n) is 15.5. The van der Waals surface area contributed by atoms with Gasteiger partial charge in [0.25, 0.3) is 11.6 Å². The number of carbonyl (C=O) groups is 2. The minimum atomic E-state index is -1.03. The van der Waals surface area contributed by atoms with E-state index in [0.717, 1.165) is 0 Å². The summed E-state index contributed by atoms with van der Waals surface area (Å²) in [6.45, 7) is 0.0407. The quantitative estimate of drug-likeness (QED) is 0.378. The molecule has 1 N–H and O–H groups in total. The molecule has 3 heterocycles. The number of nitrogens with zero attached hydrogens (tertiary/aromatic N) is 3. The lowest BCUT2D eigenvalue weighted by Gasteiger charge is -2.26. The number of non-ortho nitro benzene ring substituents is 1. The van der Waals surface area contributed by atoms with Crippen molar-refractivity contribution in [1.82, 2.24) is 9.88 Å². The highest BCUT2D eigenvalue weighted by atomic mass is 16.6. The Bertz CT molecular complexity index is 1150. The fraction of sp³-hybridized carbons (Fsp3) is 0.0952. The van der Waals surface area contributed by atoms with E-state index in [9.17, 15) is 24.8 Å². The number of aromatic nitrogens is 1. The average molecular weight is 405 g/mol. The molecule has 0 fully saturated rings. The van der Waals surface area contributed by atoms with Gasteiger partial charge in [-0.05, 0) is 29.3 Å². The number of nitro groups is 1. The Morgan fingerprint density at radius 2 is 2.07 bits per heavy atom. The molecular formula is C21H15N3O6.